The minimum Gasteiger partial charge on any atom is -0.482 e. The summed E-state index contributed by atoms with van der Waals surface area (Å²) in [5.74, 6) is 0.303. The highest BCUT2D eigenvalue weighted by atomic mass is 16.5. The van der Waals surface area contributed by atoms with Crippen LogP contribution in [0.1, 0.15) is 12.5 Å². The van der Waals surface area contributed by atoms with Gasteiger partial charge in [-0.25, -0.2) is 0 Å². The number of quaternary nitrogens is 1. The first-order valence-corrected chi connectivity index (χ1v) is 8.81. The predicted molar refractivity (Wildman–Crippen MR) is 93.0 cm³/mol. The van der Waals surface area contributed by atoms with Gasteiger partial charge in [0.1, 0.15) is 24.9 Å². The molecule has 1 aromatic rings. The largest absolute Gasteiger partial charge is 0.482 e. The molecular weight excluding hydrogens is 322 g/mol. The SMILES string of the molecule is Cc1ccc2c(c1)N(C(C)C(=O)NCC[NH+]1CCOCC1)C(=O)CO2. The Labute approximate surface area is 147 Å². The number of amides is 2. The molecule has 1 aromatic carbocycles. The average Bonchev–Trinajstić information content (AvgIpc) is 2.62. The number of hydrogen-bond acceptors (Lipinski definition) is 4. The number of ether oxygens (including phenoxy) is 2. The zero-order valence-corrected chi connectivity index (χ0v) is 14.8. The zero-order valence-electron chi connectivity index (χ0n) is 14.8. The molecule has 7 nitrogen and oxygen atoms in total. The van der Waals surface area contributed by atoms with E-state index in [1.165, 1.54) is 4.90 Å². The van der Waals surface area contributed by atoms with Crippen LogP contribution in [0, 0.1) is 6.92 Å². The Bertz CT molecular complexity index is 643. The molecule has 0 radical (unpaired) electrons. The van der Waals surface area contributed by atoms with Crippen molar-refractivity contribution in [3.63, 3.8) is 0 Å². The normalized spacial score (nSPS) is 19.1. The summed E-state index contributed by atoms with van der Waals surface area (Å²) in [6.45, 7) is 8.63. The van der Waals surface area contributed by atoms with E-state index >= 15 is 0 Å². The standard InChI is InChI=1S/C18H25N3O4/c1-13-3-4-16-15(11-13)21(17(22)12-25-16)14(2)18(23)19-5-6-20-7-9-24-10-8-20/h3-4,11,14H,5-10,12H2,1-2H3,(H,19,23)/p+1. The molecule has 3 rings (SSSR count). The molecule has 1 unspecified atom stereocenters. The van der Waals surface area contributed by atoms with E-state index in [0.717, 1.165) is 38.4 Å². The van der Waals surface area contributed by atoms with Gasteiger partial charge >= 0.3 is 0 Å². The number of benzene rings is 1. The lowest BCUT2D eigenvalue weighted by atomic mass is 10.1. The molecule has 0 aliphatic carbocycles. The minimum absolute atomic E-state index is 0.0361. The van der Waals surface area contributed by atoms with Crippen LogP contribution in [0.15, 0.2) is 18.2 Å². The topological polar surface area (TPSA) is 72.3 Å². The fourth-order valence-corrected chi connectivity index (χ4v) is 3.24. The minimum atomic E-state index is -0.573. The van der Waals surface area contributed by atoms with Gasteiger partial charge in [-0.3, -0.25) is 14.5 Å². The quantitative estimate of drug-likeness (QED) is 0.726. The van der Waals surface area contributed by atoms with E-state index in [1.54, 1.807) is 11.8 Å². The molecule has 2 aliphatic heterocycles. The van der Waals surface area contributed by atoms with Crippen LogP contribution in [0.25, 0.3) is 0 Å². The Morgan fingerprint density at radius 3 is 2.88 bits per heavy atom. The third-order valence-corrected chi connectivity index (χ3v) is 4.74. The fraction of sp³-hybridized carbons (Fsp3) is 0.556. The molecular formula is C18H26N3O4+. The molecule has 2 amide bonds. The van der Waals surface area contributed by atoms with Crippen molar-refractivity contribution >= 4 is 17.5 Å². The molecule has 2 aliphatic rings. The number of nitrogens with zero attached hydrogens (tertiary/aromatic N) is 1. The van der Waals surface area contributed by atoms with Gasteiger partial charge in [0.15, 0.2) is 6.61 Å². The number of hydrogen-bond donors (Lipinski definition) is 2. The van der Waals surface area contributed by atoms with Crippen LogP contribution in [0.5, 0.6) is 5.75 Å². The van der Waals surface area contributed by atoms with E-state index < -0.39 is 6.04 Å². The van der Waals surface area contributed by atoms with Crippen molar-refractivity contribution in [2.75, 3.05) is 50.9 Å². The predicted octanol–water partition coefficient (Wildman–Crippen LogP) is -0.860. The number of carbonyl (C=O) groups is 2. The number of fused-ring (bicyclic) bond motifs is 1. The first-order valence-electron chi connectivity index (χ1n) is 8.81. The van der Waals surface area contributed by atoms with Crippen molar-refractivity contribution in [2.24, 2.45) is 0 Å². The summed E-state index contributed by atoms with van der Waals surface area (Å²) >= 11 is 0. The fourth-order valence-electron chi connectivity index (χ4n) is 3.24. The van der Waals surface area contributed by atoms with Gasteiger partial charge in [-0.1, -0.05) is 6.07 Å². The van der Waals surface area contributed by atoms with E-state index in [1.807, 2.05) is 25.1 Å². The van der Waals surface area contributed by atoms with Crippen LogP contribution in [0.4, 0.5) is 5.69 Å². The zero-order chi connectivity index (χ0) is 17.8. The Balaban J connectivity index is 1.61. The van der Waals surface area contributed by atoms with Crippen LogP contribution in [0.3, 0.4) is 0 Å². The first-order chi connectivity index (χ1) is 12.1. The highest BCUT2D eigenvalue weighted by Gasteiger charge is 2.33. The van der Waals surface area contributed by atoms with E-state index in [0.29, 0.717) is 18.0 Å². The van der Waals surface area contributed by atoms with Gasteiger partial charge in [0.05, 0.1) is 32.0 Å². The van der Waals surface area contributed by atoms with Crippen molar-refractivity contribution in [1.82, 2.24) is 5.32 Å². The highest BCUT2D eigenvalue weighted by molar-refractivity contribution is 6.03. The number of carbonyl (C=O) groups excluding carboxylic acids is 2. The van der Waals surface area contributed by atoms with Crippen molar-refractivity contribution in [3.05, 3.63) is 23.8 Å². The van der Waals surface area contributed by atoms with Crippen molar-refractivity contribution < 1.29 is 24.0 Å². The maximum atomic E-state index is 12.5. The van der Waals surface area contributed by atoms with Crippen LogP contribution in [-0.2, 0) is 14.3 Å². The maximum Gasteiger partial charge on any atom is 0.265 e. The Kier molecular flexibility index (Phi) is 5.55. The average molecular weight is 348 g/mol. The first kappa shape index (κ1) is 17.7. The van der Waals surface area contributed by atoms with Gasteiger partial charge in [-0.05, 0) is 31.5 Å². The van der Waals surface area contributed by atoms with Crippen molar-refractivity contribution in [2.45, 2.75) is 19.9 Å². The van der Waals surface area contributed by atoms with Gasteiger partial charge in [0.25, 0.3) is 5.91 Å². The lowest BCUT2D eigenvalue weighted by Crippen LogP contribution is -3.14. The summed E-state index contributed by atoms with van der Waals surface area (Å²) in [5, 5.41) is 2.96. The van der Waals surface area contributed by atoms with Crippen LogP contribution >= 0.6 is 0 Å². The monoisotopic (exact) mass is 348 g/mol. The molecule has 1 atom stereocenters. The van der Waals surface area contributed by atoms with Gasteiger partial charge in [0, 0.05) is 0 Å². The molecule has 0 aromatic heterocycles. The second-order valence-electron chi connectivity index (χ2n) is 6.60. The molecule has 1 fully saturated rings. The van der Waals surface area contributed by atoms with E-state index in [9.17, 15) is 9.59 Å². The molecule has 2 N–H and O–H groups in total. The molecule has 1 saturated heterocycles. The summed E-state index contributed by atoms with van der Waals surface area (Å²) in [5.41, 5.74) is 1.68. The molecule has 25 heavy (non-hydrogen) atoms. The van der Waals surface area contributed by atoms with Crippen molar-refractivity contribution in [3.8, 4) is 5.75 Å². The highest BCUT2D eigenvalue weighted by Crippen LogP contribution is 2.34. The van der Waals surface area contributed by atoms with Gasteiger partial charge in [-0.2, -0.15) is 0 Å². The van der Waals surface area contributed by atoms with E-state index in [2.05, 4.69) is 5.32 Å². The second-order valence-corrected chi connectivity index (χ2v) is 6.60. The molecule has 136 valence electrons. The third kappa shape index (κ3) is 4.11. The van der Waals surface area contributed by atoms with E-state index in [4.69, 9.17) is 9.47 Å². The summed E-state index contributed by atoms with van der Waals surface area (Å²) in [4.78, 5) is 27.9. The van der Waals surface area contributed by atoms with Crippen LogP contribution in [0.2, 0.25) is 0 Å². The summed E-state index contributed by atoms with van der Waals surface area (Å²) in [6, 6.07) is 5.09. The molecule has 7 heteroatoms. The number of morpholine rings is 1. The Morgan fingerprint density at radius 2 is 2.12 bits per heavy atom. The van der Waals surface area contributed by atoms with Gasteiger partial charge in [0.2, 0.25) is 5.91 Å². The molecule has 0 bridgehead atoms. The van der Waals surface area contributed by atoms with Gasteiger partial charge < -0.3 is 19.7 Å². The summed E-state index contributed by atoms with van der Waals surface area (Å²) in [6.07, 6.45) is 0. The molecule has 2 heterocycles. The summed E-state index contributed by atoms with van der Waals surface area (Å²) in [7, 11) is 0. The number of nitrogens with one attached hydrogen (secondary N) is 2. The number of rotatable bonds is 5. The molecule has 0 saturated carbocycles. The third-order valence-electron chi connectivity index (χ3n) is 4.74. The maximum absolute atomic E-state index is 12.5. The van der Waals surface area contributed by atoms with E-state index in [-0.39, 0.29) is 18.4 Å². The second kappa shape index (κ2) is 7.84. The lowest BCUT2D eigenvalue weighted by molar-refractivity contribution is -0.906. The lowest BCUT2D eigenvalue weighted by Gasteiger charge is -2.33. The van der Waals surface area contributed by atoms with Crippen molar-refractivity contribution in [1.29, 1.82) is 0 Å². The smallest absolute Gasteiger partial charge is 0.265 e. The van der Waals surface area contributed by atoms with Crippen LogP contribution < -0.4 is 19.9 Å². The number of anilines is 1. The molecule has 0 spiro atoms. The Hall–Kier alpha value is -2.12. The van der Waals surface area contributed by atoms with Gasteiger partial charge in [-0.15, -0.1) is 0 Å². The Morgan fingerprint density at radius 1 is 1.36 bits per heavy atom. The van der Waals surface area contributed by atoms with Crippen LogP contribution in [-0.4, -0.2) is 63.9 Å². The summed E-state index contributed by atoms with van der Waals surface area (Å²) < 4.78 is 10.8. The number of aryl methyl sites for hydroxylation is 1.